The molecule has 3 rings (SSSR count). The number of thioether (sulfide) groups is 1. The highest BCUT2D eigenvalue weighted by Crippen LogP contribution is 2.30. The Kier molecular flexibility index (Phi) is 5.45. The van der Waals surface area contributed by atoms with Crippen LogP contribution in [-0.2, 0) is 11.3 Å². The van der Waals surface area contributed by atoms with Crippen molar-refractivity contribution in [3.05, 3.63) is 60.2 Å². The lowest BCUT2D eigenvalue weighted by molar-refractivity contribution is -0.133. The predicted molar refractivity (Wildman–Crippen MR) is 107 cm³/mol. The molecule has 25 heavy (non-hydrogen) atoms. The van der Waals surface area contributed by atoms with Crippen molar-refractivity contribution in [3.63, 3.8) is 0 Å². The van der Waals surface area contributed by atoms with Crippen molar-refractivity contribution in [2.24, 2.45) is 0 Å². The minimum atomic E-state index is -0.221. The number of benzene rings is 2. The molecule has 5 heteroatoms. The molecule has 130 valence electrons. The van der Waals surface area contributed by atoms with E-state index < -0.39 is 0 Å². The second-order valence-electron chi connectivity index (χ2n) is 6.87. The molecule has 0 bridgehead atoms. The molecule has 0 atom stereocenters. The number of rotatable bonds is 5. The second kappa shape index (κ2) is 7.58. The first-order chi connectivity index (χ1) is 11.9. The van der Waals surface area contributed by atoms with E-state index in [-0.39, 0.29) is 11.4 Å². The lowest BCUT2D eigenvalue weighted by atomic mass is 10.0. The monoisotopic (exact) mass is 370 g/mol. The maximum atomic E-state index is 12.9. The molecule has 0 spiro atoms. The Hall–Kier alpha value is -1.85. The Labute approximate surface area is 157 Å². The molecule has 0 saturated heterocycles. The Balaban J connectivity index is 1.69. The van der Waals surface area contributed by atoms with E-state index in [1.165, 1.54) is 11.8 Å². The molecule has 0 N–H and O–H groups in total. The third-order valence-corrected chi connectivity index (χ3v) is 6.05. The van der Waals surface area contributed by atoms with Gasteiger partial charge in [0.05, 0.1) is 16.0 Å². The van der Waals surface area contributed by atoms with E-state index >= 15 is 0 Å². The molecule has 0 aliphatic carbocycles. The number of thiazole rings is 1. The average Bonchev–Trinajstić information content (AvgIpc) is 3.00. The van der Waals surface area contributed by atoms with E-state index in [4.69, 9.17) is 0 Å². The van der Waals surface area contributed by atoms with Gasteiger partial charge in [-0.1, -0.05) is 54.2 Å². The van der Waals surface area contributed by atoms with Crippen LogP contribution in [-0.4, -0.2) is 27.1 Å². The number of aromatic nitrogens is 1. The summed E-state index contributed by atoms with van der Waals surface area (Å²) in [7, 11) is 0. The molecule has 2 aromatic carbocycles. The van der Waals surface area contributed by atoms with Gasteiger partial charge in [-0.2, -0.15) is 0 Å². The van der Waals surface area contributed by atoms with Gasteiger partial charge in [-0.3, -0.25) is 4.79 Å². The first-order valence-electron chi connectivity index (χ1n) is 8.26. The summed E-state index contributed by atoms with van der Waals surface area (Å²) in [6.45, 7) is 6.87. The molecule has 1 amide bonds. The van der Waals surface area contributed by atoms with Crippen LogP contribution < -0.4 is 0 Å². The van der Waals surface area contributed by atoms with Crippen molar-refractivity contribution in [2.45, 2.75) is 37.2 Å². The summed E-state index contributed by atoms with van der Waals surface area (Å²) < 4.78 is 2.11. The van der Waals surface area contributed by atoms with E-state index in [0.717, 1.165) is 20.1 Å². The fourth-order valence-corrected chi connectivity index (χ4v) is 4.52. The number of carbonyl (C=O) groups excluding carboxylic acids is 1. The first-order valence-corrected chi connectivity index (χ1v) is 10.1. The Morgan fingerprint density at radius 3 is 2.44 bits per heavy atom. The van der Waals surface area contributed by atoms with Crippen LogP contribution in [0.25, 0.3) is 10.2 Å². The Bertz CT molecular complexity index is 820. The van der Waals surface area contributed by atoms with E-state index in [2.05, 4.69) is 44.0 Å². The third-order valence-electron chi connectivity index (χ3n) is 3.89. The highest BCUT2D eigenvalue weighted by atomic mass is 32.2. The quantitative estimate of drug-likeness (QED) is 0.578. The molecule has 3 nitrogen and oxygen atoms in total. The second-order valence-corrected chi connectivity index (χ2v) is 9.13. The molecular formula is C20H22N2OS2. The molecular weight excluding hydrogens is 348 g/mol. The van der Waals surface area contributed by atoms with Crippen LogP contribution in [0, 0.1) is 0 Å². The molecule has 0 saturated carbocycles. The van der Waals surface area contributed by atoms with Crippen molar-refractivity contribution in [2.75, 3.05) is 5.75 Å². The lowest BCUT2D eigenvalue weighted by Gasteiger charge is -2.36. The number of amides is 1. The summed E-state index contributed by atoms with van der Waals surface area (Å²) in [5.41, 5.74) is 1.93. The highest BCUT2D eigenvalue weighted by Gasteiger charge is 2.26. The summed E-state index contributed by atoms with van der Waals surface area (Å²) in [5.74, 6) is 0.546. The number of nitrogens with zero attached hydrogens (tertiary/aromatic N) is 2. The van der Waals surface area contributed by atoms with Gasteiger partial charge in [0.25, 0.3) is 0 Å². The van der Waals surface area contributed by atoms with Gasteiger partial charge in [0.2, 0.25) is 5.91 Å². The number of hydrogen-bond donors (Lipinski definition) is 0. The standard InChI is InChI=1S/C20H22N2OS2/c1-20(2,3)22(13-15-9-5-4-6-10-15)18(23)14-24-19-21-16-11-7-8-12-17(16)25-19/h4-12H,13-14H2,1-3H3. The molecule has 1 heterocycles. The zero-order chi connectivity index (χ0) is 17.9. The van der Waals surface area contributed by atoms with Gasteiger partial charge < -0.3 is 4.90 Å². The van der Waals surface area contributed by atoms with Gasteiger partial charge in [0, 0.05) is 12.1 Å². The van der Waals surface area contributed by atoms with Crippen LogP contribution in [0.15, 0.2) is 58.9 Å². The minimum Gasteiger partial charge on any atom is -0.333 e. The van der Waals surface area contributed by atoms with Gasteiger partial charge in [-0.25, -0.2) is 4.98 Å². The average molecular weight is 371 g/mol. The van der Waals surface area contributed by atoms with Gasteiger partial charge in [0.15, 0.2) is 4.34 Å². The fourth-order valence-electron chi connectivity index (χ4n) is 2.58. The SMILES string of the molecule is CC(C)(C)N(Cc1ccccc1)C(=O)CSc1nc2ccccc2s1. The van der Waals surface area contributed by atoms with Crippen LogP contribution in [0.5, 0.6) is 0 Å². The summed E-state index contributed by atoms with van der Waals surface area (Å²) >= 11 is 3.17. The van der Waals surface area contributed by atoms with E-state index in [1.807, 2.05) is 41.3 Å². The van der Waals surface area contributed by atoms with Crippen LogP contribution in [0.4, 0.5) is 0 Å². The smallest absolute Gasteiger partial charge is 0.233 e. The molecule has 0 unspecified atom stereocenters. The normalized spacial score (nSPS) is 11.6. The van der Waals surface area contributed by atoms with E-state index in [1.54, 1.807) is 11.3 Å². The minimum absolute atomic E-state index is 0.139. The Morgan fingerprint density at radius 1 is 1.08 bits per heavy atom. The number of fused-ring (bicyclic) bond motifs is 1. The zero-order valence-electron chi connectivity index (χ0n) is 14.7. The third kappa shape index (κ3) is 4.61. The van der Waals surface area contributed by atoms with E-state index in [0.29, 0.717) is 12.3 Å². The first kappa shape index (κ1) is 18.0. The van der Waals surface area contributed by atoms with Crippen LogP contribution in [0.1, 0.15) is 26.3 Å². The number of para-hydroxylation sites is 1. The lowest BCUT2D eigenvalue weighted by Crippen LogP contribution is -2.45. The van der Waals surface area contributed by atoms with E-state index in [9.17, 15) is 4.79 Å². The van der Waals surface area contributed by atoms with Crippen molar-refractivity contribution in [3.8, 4) is 0 Å². The summed E-state index contributed by atoms with van der Waals surface area (Å²) in [6.07, 6.45) is 0. The number of carbonyl (C=O) groups is 1. The predicted octanol–water partition coefficient (Wildman–Crippen LogP) is 5.22. The van der Waals surface area contributed by atoms with Crippen molar-refractivity contribution < 1.29 is 4.79 Å². The maximum absolute atomic E-state index is 12.9. The maximum Gasteiger partial charge on any atom is 0.233 e. The van der Waals surface area contributed by atoms with Gasteiger partial charge in [0.1, 0.15) is 0 Å². The summed E-state index contributed by atoms with van der Waals surface area (Å²) in [4.78, 5) is 19.4. The van der Waals surface area contributed by atoms with Crippen LogP contribution in [0.2, 0.25) is 0 Å². The fraction of sp³-hybridized carbons (Fsp3) is 0.300. The van der Waals surface area contributed by atoms with Crippen molar-refractivity contribution in [1.82, 2.24) is 9.88 Å². The molecule has 1 aromatic heterocycles. The van der Waals surface area contributed by atoms with Gasteiger partial charge >= 0.3 is 0 Å². The summed E-state index contributed by atoms with van der Waals surface area (Å²) in [6, 6.07) is 18.2. The molecule has 0 radical (unpaired) electrons. The number of hydrogen-bond acceptors (Lipinski definition) is 4. The highest BCUT2D eigenvalue weighted by molar-refractivity contribution is 8.01. The van der Waals surface area contributed by atoms with Gasteiger partial charge in [-0.15, -0.1) is 11.3 Å². The topological polar surface area (TPSA) is 33.2 Å². The molecule has 0 aliphatic heterocycles. The van der Waals surface area contributed by atoms with Crippen molar-refractivity contribution in [1.29, 1.82) is 0 Å². The molecule has 0 fully saturated rings. The van der Waals surface area contributed by atoms with Crippen LogP contribution >= 0.6 is 23.1 Å². The zero-order valence-corrected chi connectivity index (χ0v) is 16.4. The largest absolute Gasteiger partial charge is 0.333 e. The summed E-state index contributed by atoms with van der Waals surface area (Å²) in [5, 5.41) is 0. The van der Waals surface area contributed by atoms with Crippen LogP contribution in [0.3, 0.4) is 0 Å². The van der Waals surface area contributed by atoms with Crippen molar-refractivity contribution >= 4 is 39.2 Å². The molecule has 3 aromatic rings. The Morgan fingerprint density at radius 2 is 1.76 bits per heavy atom. The molecule has 0 aliphatic rings. The van der Waals surface area contributed by atoms with Gasteiger partial charge in [-0.05, 0) is 38.5 Å².